The third-order valence-corrected chi connectivity index (χ3v) is 6.93. The third kappa shape index (κ3) is 3.86. The van der Waals surface area contributed by atoms with Gasteiger partial charge in [0.1, 0.15) is 5.76 Å². The summed E-state index contributed by atoms with van der Waals surface area (Å²) >= 11 is 1.56. The van der Waals surface area contributed by atoms with Gasteiger partial charge in [0.05, 0.1) is 17.7 Å². The molecule has 0 bridgehead atoms. The Balaban J connectivity index is 2.02. The molecule has 2 aromatic heterocycles. The molecule has 0 unspecified atom stereocenters. The molecule has 3 aromatic rings. The quantitative estimate of drug-likeness (QED) is 0.630. The summed E-state index contributed by atoms with van der Waals surface area (Å²) in [6.07, 6.45) is 1.56. The monoisotopic (exact) mass is 375 g/mol. The Bertz CT molecular complexity index is 907. The van der Waals surface area contributed by atoms with E-state index in [1.54, 1.807) is 35.8 Å². The Morgan fingerprint density at radius 1 is 1.04 bits per heavy atom. The summed E-state index contributed by atoms with van der Waals surface area (Å²) in [5.41, 5.74) is 3.80. The van der Waals surface area contributed by atoms with Crippen molar-refractivity contribution in [1.29, 1.82) is 0 Å². The number of thiophene rings is 1. The van der Waals surface area contributed by atoms with Crippen molar-refractivity contribution in [3.05, 3.63) is 75.4 Å². The SMILES string of the molecule is Cc1cc(C)c(S(=O)(=O)N(Cc2ccsc2)Cc2ccco2)cc1C. The van der Waals surface area contributed by atoms with Crippen LogP contribution in [0, 0.1) is 20.8 Å². The van der Waals surface area contributed by atoms with E-state index in [0.29, 0.717) is 17.2 Å². The Kier molecular flexibility index (Phi) is 5.13. The Labute approximate surface area is 152 Å². The summed E-state index contributed by atoms with van der Waals surface area (Å²) in [7, 11) is -3.65. The number of furan rings is 1. The first-order valence-corrected chi connectivity index (χ1v) is 10.4. The summed E-state index contributed by atoms with van der Waals surface area (Å²) in [6.45, 7) is 6.29. The molecule has 0 N–H and O–H groups in total. The van der Waals surface area contributed by atoms with Crippen LogP contribution < -0.4 is 0 Å². The maximum Gasteiger partial charge on any atom is 0.244 e. The number of sulfonamides is 1. The van der Waals surface area contributed by atoms with Crippen molar-refractivity contribution in [3.8, 4) is 0 Å². The lowest BCUT2D eigenvalue weighted by molar-refractivity contribution is 0.358. The first-order valence-electron chi connectivity index (χ1n) is 7.99. The zero-order valence-electron chi connectivity index (χ0n) is 14.5. The maximum absolute atomic E-state index is 13.4. The molecule has 0 saturated carbocycles. The molecule has 0 aliphatic heterocycles. The smallest absolute Gasteiger partial charge is 0.244 e. The van der Waals surface area contributed by atoms with Gasteiger partial charge >= 0.3 is 0 Å². The van der Waals surface area contributed by atoms with Gasteiger partial charge in [-0.1, -0.05) is 6.07 Å². The van der Waals surface area contributed by atoms with Crippen molar-refractivity contribution in [2.75, 3.05) is 0 Å². The molecule has 0 atom stereocenters. The van der Waals surface area contributed by atoms with Crippen LogP contribution in [-0.2, 0) is 23.1 Å². The molecule has 1 aromatic carbocycles. The molecule has 0 radical (unpaired) electrons. The van der Waals surface area contributed by atoms with Gasteiger partial charge < -0.3 is 4.42 Å². The van der Waals surface area contributed by atoms with E-state index in [0.717, 1.165) is 22.3 Å². The van der Waals surface area contributed by atoms with Gasteiger partial charge in [-0.3, -0.25) is 0 Å². The molecule has 4 nitrogen and oxygen atoms in total. The molecule has 0 spiro atoms. The summed E-state index contributed by atoms with van der Waals surface area (Å²) in [4.78, 5) is 0.359. The second-order valence-corrected chi connectivity index (χ2v) is 8.87. The van der Waals surface area contributed by atoms with E-state index in [4.69, 9.17) is 4.42 Å². The third-order valence-electron chi connectivity index (χ3n) is 4.26. The number of rotatable bonds is 6. The van der Waals surface area contributed by atoms with Crippen molar-refractivity contribution in [2.24, 2.45) is 0 Å². The number of hydrogen-bond donors (Lipinski definition) is 0. The second kappa shape index (κ2) is 7.15. The van der Waals surface area contributed by atoms with Crippen molar-refractivity contribution in [3.63, 3.8) is 0 Å². The van der Waals surface area contributed by atoms with E-state index in [-0.39, 0.29) is 6.54 Å². The summed E-state index contributed by atoms with van der Waals surface area (Å²) < 4.78 is 33.6. The van der Waals surface area contributed by atoms with E-state index in [1.165, 1.54) is 4.31 Å². The van der Waals surface area contributed by atoms with Crippen molar-refractivity contribution >= 4 is 21.4 Å². The van der Waals surface area contributed by atoms with Crippen LogP contribution >= 0.6 is 11.3 Å². The average molecular weight is 376 g/mol. The zero-order chi connectivity index (χ0) is 18.0. The Morgan fingerprint density at radius 2 is 1.80 bits per heavy atom. The normalized spacial score (nSPS) is 12.0. The lowest BCUT2D eigenvalue weighted by Gasteiger charge is -2.22. The van der Waals surface area contributed by atoms with Crippen LogP contribution in [-0.4, -0.2) is 12.7 Å². The fourth-order valence-corrected chi connectivity index (χ4v) is 5.09. The van der Waals surface area contributed by atoms with Crippen LogP contribution in [0.4, 0.5) is 0 Å². The van der Waals surface area contributed by atoms with Gasteiger partial charge in [-0.15, -0.1) is 0 Å². The Morgan fingerprint density at radius 3 is 2.44 bits per heavy atom. The van der Waals surface area contributed by atoms with E-state index < -0.39 is 10.0 Å². The predicted molar refractivity (Wildman–Crippen MR) is 100 cm³/mol. The minimum absolute atomic E-state index is 0.206. The maximum atomic E-state index is 13.4. The molecule has 25 heavy (non-hydrogen) atoms. The van der Waals surface area contributed by atoms with Gasteiger partial charge in [-0.05, 0) is 78.1 Å². The highest BCUT2D eigenvalue weighted by molar-refractivity contribution is 7.89. The lowest BCUT2D eigenvalue weighted by Crippen LogP contribution is -2.30. The van der Waals surface area contributed by atoms with Crippen molar-refractivity contribution in [1.82, 2.24) is 4.31 Å². The summed E-state index contributed by atoms with van der Waals surface area (Å²) in [6, 6.07) is 9.21. The van der Waals surface area contributed by atoms with Gasteiger partial charge in [0.15, 0.2) is 0 Å². The van der Waals surface area contributed by atoms with Crippen LogP contribution in [0.15, 0.2) is 56.7 Å². The second-order valence-electron chi connectivity index (χ2n) is 6.19. The van der Waals surface area contributed by atoms with Gasteiger partial charge in [0, 0.05) is 6.54 Å². The highest BCUT2D eigenvalue weighted by Crippen LogP contribution is 2.26. The number of nitrogens with zero attached hydrogens (tertiary/aromatic N) is 1. The van der Waals surface area contributed by atoms with E-state index in [1.807, 2.05) is 43.7 Å². The molecule has 0 aliphatic carbocycles. The van der Waals surface area contributed by atoms with E-state index >= 15 is 0 Å². The van der Waals surface area contributed by atoms with Gasteiger partial charge in [0.25, 0.3) is 0 Å². The first-order chi connectivity index (χ1) is 11.9. The lowest BCUT2D eigenvalue weighted by atomic mass is 10.1. The van der Waals surface area contributed by atoms with E-state index in [9.17, 15) is 8.42 Å². The molecular weight excluding hydrogens is 354 g/mol. The standard InChI is InChI=1S/C19H21NO3S2/c1-14-9-16(3)19(10-15(14)2)25(21,22)20(11-17-6-8-24-13-17)12-18-5-4-7-23-18/h4-10,13H,11-12H2,1-3H3. The summed E-state index contributed by atoms with van der Waals surface area (Å²) in [5, 5.41) is 3.92. The topological polar surface area (TPSA) is 50.5 Å². The molecule has 2 heterocycles. The van der Waals surface area contributed by atoms with Crippen molar-refractivity contribution in [2.45, 2.75) is 38.8 Å². The summed E-state index contributed by atoms with van der Waals surface area (Å²) in [5.74, 6) is 0.625. The molecule has 0 aliphatic rings. The number of aryl methyl sites for hydroxylation is 3. The molecular formula is C19H21NO3S2. The largest absolute Gasteiger partial charge is 0.468 e. The predicted octanol–water partition coefficient (Wildman–Crippen LogP) is 4.66. The zero-order valence-corrected chi connectivity index (χ0v) is 16.2. The fraction of sp³-hybridized carbons (Fsp3) is 0.263. The van der Waals surface area contributed by atoms with Crippen LogP contribution in [0.25, 0.3) is 0 Å². The molecule has 132 valence electrons. The van der Waals surface area contributed by atoms with Gasteiger partial charge in [0.2, 0.25) is 10.0 Å². The Hall–Kier alpha value is -1.89. The molecule has 0 amide bonds. The highest BCUT2D eigenvalue weighted by atomic mass is 32.2. The highest BCUT2D eigenvalue weighted by Gasteiger charge is 2.28. The number of benzene rings is 1. The van der Waals surface area contributed by atoms with Crippen LogP contribution in [0.2, 0.25) is 0 Å². The van der Waals surface area contributed by atoms with Crippen LogP contribution in [0.5, 0.6) is 0 Å². The van der Waals surface area contributed by atoms with E-state index in [2.05, 4.69) is 0 Å². The average Bonchev–Trinajstić information content (AvgIpc) is 3.23. The van der Waals surface area contributed by atoms with Crippen LogP contribution in [0.3, 0.4) is 0 Å². The number of hydrogen-bond acceptors (Lipinski definition) is 4. The van der Waals surface area contributed by atoms with Crippen LogP contribution in [0.1, 0.15) is 28.0 Å². The molecule has 0 fully saturated rings. The van der Waals surface area contributed by atoms with Crippen molar-refractivity contribution < 1.29 is 12.8 Å². The molecule has 3 rings (SSSR count). The fourth-order valence-electron chi connectivity index (χ4n) is 2.74. The van der Waals surface area contributed by atoms with Gasteiger partial charge in [-0.2, -0.15) is 15.6 Å². The minimum Gasteiger partial charge on any atom is -0.468 e. The van der Waals surface area contributed by atoms with Gasteiger partial charge in [-0.25, -0.2) is 8.42 Å². The first kappa shape index (κ1) is 17.9. The molecule has 6 heteroatoms. The minimum atomic E-state index is -3.65. The molecule has 0 saturated heterocycles.